The van der Waals surface area contributed by atoms with E-state index in [-0.39, 0.29) is 5.82 Å². The number of aryl methyl sites for hydroxylation is 1. The molecule has 0 unspecified atom stereocenters. The summed E-state index contributed by atoms with van der Waals surface area (Å²) in [4.78, 5) is 12.5. The van der Waals surface area contributed by atoms with E-state index in [1.165, 1.54) is 34.5 Å². The second-order valence-corrected chi connectivity index (χ2v) is 6.61. The zero-order chi connectivity index (χ0) is 14.8. The van der Waals surface area contributed by atoms with Crippen LogP contribution in [0.15, 0.2) is 28.9 Å². The highest BCUT2D eigenvalue weighted by Crippen LogP contribution is 2.25. The Morgan fingerprint density at radius 2 is 2.19 bits per heavy atom. The number of nitrogen functional groups attached to an aromatic ring is 1. The Morgan fingerprint density at radius 1 is 1.33 bits per heavy atom. The molecule has 0 aliphatic rings. The third kappa shape index (κ3) is 3.42. The molecule has 0 radical (unpaired) electrons. The topological polar surface area (TPSA) is 64.7 Å². The molecule has 0 fully saturated rings. The number of anilines is 1. The quantitative estimate of drug-likeness (QED) is 0.444. The van der Waals surface area contributed by atoms with Crippen molar-refractivity contribution in [1.82, 2.24) is 15.0 Å². The van der Waals surface area contributed by atoms with Crippen molar-refractivity contribution in [3.63, 3.8) is 0 Å². The summed E-state index contributed by atoms with van der Waals surface area (Å²) in [5, 5.41) is 2.97. The van der Waals surface area contributed by atoms with E-state index in [1.54, 1.807) is 12.3 Å². The Morgan fingerprint density at radius 3 is 3.00 bits per heavy atom. The van der Waals surface area contributed by atoms with Crippen molar-refractivity contribution < 1.29 is 4.39 Å². The van der Waals surface area contributed by atoms with Gasteiger partial charge in [0.25, 0.3) is 0 Å². The first-order valence-corrected chi connectivity index (χ1v) is 8.30. The minimum atomic E-state index is -0.197. The van der Waals surface area contributed by atoms with Crippen LogP contribution in [-0.2, 0) is 6.42 Å². The van der Waals surface area contributed by atoms with Crippen molar-refractivity contribution in [3.05, 3.63) is 40.4 Å². The molecule has 108 valence electrons. The lowest BCUT2D eigenvalue weighted by molar-refractivity contribution is 0.644. The van der Waals surface area contributed by atoms with Gasteiger partial charge in [0, 0.05) is 34.5 Å². The van der Waals surface area contributed by atoms with E-state index in [1.807, 2.05) is 0 Å². The number of fused-ring (bicyclic) bond motifs is 1. The summed E-state index contributed by atoms with van der Waals surface area (Å²) in [6, 6.07) is 3.29. The van der Waals surface area contributed by atoms with Crippen LogP contribution in [0, 0.1) is 5.82 Å². The zero-order valence-corrected chi connectivity index (χ0v) is 13.1. The minimum absolute atomic E-state index is 0.197. The van der Waals surface area contributed by atoms with E-state index in [4.69, 9.17) is 17.3 Å². The Bertz CT molecular complexity index is 773. The van der Waals surface area contributed by atoms with Gasteiger partial charge in [-0.05, 0) is 12.5 Å². The average Bonchev–Trinajstić information content (AvgIpc) is 2.79. The van der Waals surface area contributed by atoms with Gasteiger partial charge in [-0.25, -0.2) is 14.4 Å². The zero-order valence-electron chi connectivity index (χ0n) is 10.7. The van der Waals surface area contributed by atoms with Crippen LogP contribution in [0.4, 0.5) is 10.2 Å². The molecule has 0 atom stereocenters. The fourth-order valence-corrected chi connectivity index (χ4v) is 3.63. The minimum Gasteiger partial charge on any atom is -0.384 e. The molecule has 0 saturated heterocycles. The van der Waals surface area contributed by atoms with Crippen molar-refractivity contribution in [2.75, 3.05) is 11.5 Å². The molecule has 0 spiro atoms. The van der Waals surface area contributed by atoms with E-state index in [0.717, 1.165) is 10.4 Å². The van der Waals surface area contributed by atoms with Gasteiger partial charge in [0.1, 0.15) is 16.8 Å². The predicted molar refractivity (Wildman–Crippen MR) is 85.5 cm³/mol. The number of aromatic nitrogens is 3. The molecule has 0 aromatic carbocycles. The van der Waals surface area contributed by atoms with Crippen molar-refractivity contribution in [2.24, 2.45) is 0 Å². The smallest absolute Gasteiger partial charge is 0.190 e. The third-order valence-electron chi connectivity index (χ3n) is 2.75. The van der Waals surface area contributed by atoms with Gasteiger partial charge in [-0.2, -0.15) is 0 Å². The number of nitrogens with zero attached hydrogens (tertiary/aromatic N) is 3. The largest absolute Gasteiger partial charge is 0.384 e. The fourth-order valence-electron chi connectivity index (χ4n) is 1.81. The number of hydrogen-bond acceptors (Lipinski definition) is 6. The highest BCUT2D eigenvalue weighted by molar-refractivity contribution is 7.99. The maximum Gasteiger partial charge on any atom is 0.190 e. The number of hydrogen-bond donors (Lipinski definition) is 1. The second kappa shape index (κ2) is 6.13. The average molecular weight is 341 g/mol. The molecular weight excluding hydrogens is 331 g/mol. The van der Waals surface area contributed by atoms with Gasteiger partial charge in [0.05, 0.1) is 4.70 Å². The summed E-state index contributed by atoms with van der Waals surface area (Å²) < 4.78 is 14.4. The molecule has 21 heavy (non-hydrogen) atoms. The number of rotatable bonds is 4. The predicted octanol–water partition coefficient (Wildman–Crippen LogP) is 3.80. The Kier molecular flexibility index (Phi) is 4.23. The van der Waals surface area contributed by atoms with Crippen LogP contribution in [-0.4, -0.2) is 20.7 Å². The van der Waals surface area contributed by atoms with Crippen molar-refractivity contribution in [1.29, 1.82) is 0 Å². The van der Waals surface area contributed by atoms with Crippen LogP contribution in [0.2, 0.25) is 5.15 Å². The lowest BCUT2D eigenvalue weighted by Gasteiger charge is -2.02. The molecule has 4 nitrogen and oxygen atoms in total. The normalized spacial score (nSPS) is 11.1. The van der Waals surface area contributed by atoms with Crippen LogP contribution in [0.1, 0.15) is 5.69 Å². The molecule has 3 rings (SSSR count). The first-order chi connectivity index (χ1) is 10.1. The maximum absolute atomic E-state index is 13.5. The summed E-state index contributed by atoms with van der Waals surface area (Å²) >= 11 is 8.61. The Balaban J connectivity index is 1.67. The Hall–Kier alpha value is -1.44. The number of pyridine rings is 1. The lowest BCUT2D eigenvalue weighted by Crippen LogP contribution is -1.97. The van der Waals surface area contributed by atoms with Crippen molar-refractivity contribution in [2.45, 2.75) is 11.6 Å². The molecule has 3 aromatic heterocycles. The van der Waals surface area contributed by atoms with Gasteiger partial charge in [0.15, 0.2) is 5.16 Å². The summed E-state index contributed by atoms with van der Waals surface area (Å²) in [6.45, 7) is 0. The molecule has 0 amide bonds. The second-order valence-electron chi connectivity index (χ2n) is 4.25. The lowest BCUT2D eigenvalue weighted by atomic mass is 10.2. The molecule has 0 bridgehead atoms. The Labute approximate surface area is 133 Å². The molecule has 2 N–H and O–H groups in total. The molecule has 3 aromatic rings. The maximum atomic E-state index is 13.5. The SMILES string of the molecule is Nc1cc(Cl)nc(SCCc2cc3c(F)csc3cn2)n1. The van der Waals surface area contributed by atoms with Gasteiger partial charge in [-0.1, -0.05) is 23.4 Å². The summed E-state index contributed by atoms with van der Waals surface area (Å²) in [6.07, 6.45) is 2.39. The monoisotopic (exact) mass is 340 g/mol. The van der Waals surface area contributed by atoms with E-state index >= 15 is 0 Å². The number of halogens is 2. The first-order valence-electron chi connectivity index (χ1n) is 6.06. The van der Waals surface area contributed by atoms with E-state index in [9.17, 15) is 4.39 Å². The van der Waals surface area contributed by atoms with E-state index < -0.39 is 0 Å². The summed E-state index contributed by atoms with van der Waals surface area (Å²) in [5.41, 5.74) is 6.44. The summed E-state index contributed by atoms with van der Waals surface area (Å²) in [5.74, 6) is 0.860. The highest BCUT2D eigenvalue weighted by Gasteiger charge is 2.07. The third-order valence-corrected chi connectivity index (χ3v) is 4.70. The number of thiophene rings is 1. The molecule has 3 heterocycles. The van der Waals surface area contributed by atoms with Crippen molar-refractivity contribution in [3.8, 4) is 0 Å². The van der Waals surface area contributed by atoms with Gasteiger partial charge in [-0.3, -0.25) is 4.98 Å². The molecule has 0 aliphatic heterocycles. The van der Waals surface area contributed by atoms with Crippen LogP contribution in [0.5, 0.6) is 0 Å². The molecule has 0 saturated carbocycles. The number of thioether (sulfide) groups is 1. The fraction of sp³-hybridized carbons (Fsp3) is 0.154. The molecule has 8 heteroatoms. The first kappa shape index (κ1) is 14.5. The van der Waals surface area contributed by atoms with Crippen LogP contribution < -0.4 is 5.73 Å². The standard InChI is InChI=1S/C13H10ClFN4S2/c14-11-4-12(16)19-13(18-11)20-2-1-7-3-8-9(15)6-21-10(8)5-17-7/h3-6H,1-2H2,(H2,16,18,19). The molecule has 0 aliphatic carbocycles. The molecular formula is C13H10ClFN4S2. The van der Waals surface area contributed by atoms with E-state index in [0.29, 0.717) is 33.7 Å². The van der Waals surface area contributed by atoms with Crippen LogP contribution in [0.3, 0.4) is 0 Å². The number of nitrogens with two attached hydrogens (primary N) is 1. The van der Waals surface area contributed by atoms with Gasteiger partial charge < -0.3 is 5.73 Å². The van der Waals surface area contributed by atoms with Gasteiger partial charge in [-0.15, -0.1) is 11.3 Å². The van der Waals surface area contributed by atoms with Gasteiger partial charge >= 0.3 is 0 Å². The van der Waals surface area contributed by atoms with Crippen LogP contribution in [0.25, 0.3) is 10.1 Å². The van der Waals surface area contributed by atoms with Crippen LogP contribution >= 0.6 is 34.7 Å². The van der Waals surface area contributed by atoms with E-state index in [2.05, 4.69) is 15.0 Å². The van der Waals surface area contributed by atoms with Gasteiger partial charge in [0.2, 0.25) is 0 Å². The summed E-state index contributed by atoms with van der Waals surface area (Å²) in [7, 11) is 0. The highest BCUT2D eigenvalue weighted by atomic mass is 35.5. The van der Waals surface area contributed by atoms with Crippen molar-refractivity contribution >= 4 is 50.6 Å².